The number of nitrogens with one attached hydrogen (secondary N) is 1. The molecule has 0 saturated carbocycles. The first-order valence-corrected chi connectivity index (χ1v) is 7.17. The first-order chi connectivity index (χ1) is 8.11. The van der Waals surface area contributed by atoms with Crippen molar-refractivity contribution in [3.05, 3.63) is 0 Å². The summed E-state index contributed by atoms with van der Waals surface area (Å²) in [6.07, 6.45) is 5.98. The van der Waals surface area contributed by atoms with Crippen molar-refractivity contribution < 1.29 is 4.79 Å². The Morgan fingerprint density at radius 2 is 1.71 bits per heavy atom. The summed E-state index contributed by atoms with van der Waals surface area (Å²) in [5, 5.41) is 3.42. The maximum atomic E-state index is 12.6. The highest BCUT2D eigenvalue weighted by Gasteiger charge is 2.36. The molecule has 0 aromatic carbocycles. The van der Waals surface area contributed by atoms with Gasteiger partial charge in [0.1, 0.15) is 0 Å². The van der Waals surface area contributed by atoms with Crippen LogP contribution in [0.25, 0.3) is 0 Å². The lowest BCUT2D eigenvalue weighted by Gasteiger charge is -2.43. The van der Waals surface area contributed by atoms with Gasteiger partial charge in [-0.1, -0.05) is 6.92 Å². The number of piperidine rings is 2. The number of rotatable bonds is 1. The molecule has 4 atom stereocenters. The van der Waals surface area contributed by atoms with Crippen molar-refractivity contribution in [1.29, 1.82) is 0 Å². The zero-order valence-electron chi connectivity index (χ0n) is 11.4. The maximum Gasteiger partial charge on any atom is 0.240 e. The predicted octanol–water partition coefficient (Wildman–Crippen LogP) is 2.16. The van der Waals surface area contributed by atoms with E-state index in [4.69, 9.17) is 0 Å². The third kappa shape index (κ3) is 2.65. The summed E-state index contributed by atoms with van der Waals surface area (Å²) in [7, 11) is 0. The summed E-state index contributed by atoms with van der Waals surface area (Å²) >= 11 is 0. The molecule has 3 heteroatoms. The molecule has 0 bridgehead atoms. The van der Waals surface area contributed by atoms with E-state index in [0.717, 1.165) is 19.4 Å². The fourth-order valence-corrected chi connectivity index (χ4v) is 3.40. The highest BCUT2D eigenvalue weighted by Crippen LogP contribution is 2.26. The lowest BCUT2D eigenvalue weighted by Crippen LogP contribution is -2.57. The molecule has 0 aliphatic carbocycles. The van der Waals surface area contributed by atoms with Crippen LogP contribution in [0.3, 0.4) is 0 Å². The van der Waals surface area contributed by atoms with Crippen LogP contribution >= 0.6 is 0 Å². The average molecular weight is 238 g/mol. The van der Waals surface area contributed by atoms with E-state index < -0.39 is 0 Å². The Morgan fingerprint density at radius 1 is 1.06 bits per heavy atom. The number of nitrogens with zero attached hydrogens (tertiary/aromatic N) is 1. The molecule has 98 valence electrons. The largest absolute Gasteiger partial charge is 0.336 e. The normalized spacial score (nSPS) is 39.1. The van der Waals surface area contributed by atoms with Crippen molar-refractivity contribution in [3.8, 4) is 0 Å². The minimum Gasteiger partial charge on any atom is -0.336 e. The zero-order chi connectivity index (χ0) is 12.4. The Balaban J connectivity index is 2.06. The fraction of sp³-hybridized carbons (Fsp3) is 0.929. The van der Waals surface area contributed by atoms with Crippen LogP contribution in [0.4, 0.5) is 0 Å². The molecule has 0 aromatic heterocycles. The Kier molecular flexibility index (Phi) is 4.08. The first kappa shape index (κ1) is 12.9. The molecule has 2 heterocycles. The van der Waals surface area contributed by atoms with Gasteiger partial charge in [-0.05, 0) is 58.4 Å². The summed E-state index contributed by atoms with van der Waals surface area (Å²) in [5.74, 6) is 0.828. The molecule has 0 spiro atoms. The average Bonchev–Trinajstić information content (AvgIpc) is 2.29. The van der Waals surface area contributed by atoms with Crippen LogP contribution in [0, 0.1) is 5.92 Å². The van der Waals surface area contributed by atoms with Crippen LogP contribution in [0.5, 0.6) is 0 Å². The number of hydrogen-bond donors (Lipinski definition) is 1. The number of amides is 1. The predicted molar refractivity (Wildman–Crippen MR) is 69.8 cm³/mol. The van der Waals surface area contributed by atoms with Gasteiger partial charge in [-0.2, -0.15) is 0 Å². The molecule has 3 nitrogen and oxygen atoms in total. The summed E-state index contributed by atoms with van der Waals surface area (Å²) in [6, 6.07) is 0.899. The number of carbonyl (C=O) groups excluding carboxylic acids is 1. The van der Waals surface area contributed by atoms with Crippen molar-refractivity contribution >= 4 is 5.91 Å². The van der Waals surface area contributed by atoms with E-state index in [2.05, 4.69) is 31.0 Å². The van der Waals surface area contributed by atoms with E-state index in [1.54, 1.807) is 0 Å². The van der Waals surface area contributed by atoms with Gasteiger partial charge in [0.05, 0.1) is 6.04 Å². The molecular formula is C14H26N2O. The van der Waals surface area contributed by atoms with Crippen molar-refractivity contribution in [2.45, 2.75) is 71.0 Å². The van der Waals surface area contributed by atoms with E-state index in [1.165, 1.54) is 19.3 Å². The Hall–Kier alpha value is -0.570. The SMILES string of the molecule is CC1CCCNC1C(=O)N1C(C)CCCC1C. The molecule has 4 unspecified atom stereocenters. The molecule has 17 heavy (non-hydrogen) atoms. The van der Waals surface area contributed by atoms with Gasteiger partial charge in [0.25, 0.3) is 0 Å². The van der Waals surface area contributed by atoms with E-state index in [-0.39, 0.29) is 6.04 Å². The topological polar surface area (TPSA) is 32.3 Å². The highest BCUT2D eigenvalue weighted by molar-refractivity contribution is 5.83. The zero-order valence-corrected chi connectivity index (χ0v) is 11.4. The minimum absolute atomic E-state index is 0.0618. The molecule has 2 aliphatic heterocycles. The van der Waals surface area contributed by atoms with Gasteiger partial charge in [-0.25, -0.2) is 0 Å². The quantitative estimate of drug-likeness (QED) is 0.759. The second kappa shape index (κ2) is 5.38. The highest BCUT2D eigenvalue weighted by atomic mass is 16.2. The Morgan fingerprint density at radius 3 is 2.29 bits per heavy atom. The van der Waals surface area contributed by atoms with Crippen molar-refractivity contribution in [3.63, 3.8) is 0 Å². The third-order valence-corrected chi connectivity index (χ3v) is 4.48. The van der Waals surface area contributed by atoms with Gasteiger partial charge >= 0.3 is 0 Å². The van der Waals surface area contributed by atoms with Crippen LogP contribution < -0.4 is 5.32 Å². The van der Waals surface area contributed by atoms with Crippen LogP contribution in [-0.4, -0.2) is 35.5 Å². The molecule has 1 amide bonds. The Labute approximate surface area is 105 Å². The smallest absolute Gasteiger partial charge is 0.240 e. The van der Waals surface area contributed by atoms with Crippen LogP contribution in [0.2, 0.25) is 0 Å². The molecule has 2 aliphatic rings. The van der Waals surface area contributed by atoms with Gasteiger partial charge in [0.2, 0.25) is 5.91 Å². The molecular weight excluding hydrogens is 212 g/mol. The number of hydrogen-bond acceptors (Lipinski definition) is 2. The fourth-order valence-electron chi connectivity index (χ4n) is 3.40. The second-order valence-electron chi connectivity index (χ2n) is 5.93. The standard InChI is InChI=1S/C14H26N2O/c1-10-6-5-9-15-13(10)14(17)16-11(2)7-4-8-12(16)3/h10-13,15H,4-9H2,1-3H3. The van der Waals surface area contributed by atoms with Crippen molar-refractivity contribution in [2.24, 2.45) is 5.92 Å². The molecule has 1 N–H and O–H groups in total. The van der Waals surface area contributed by atoms with Crippen molar-refractivity contribution in [2.75, 3.05) is 6.54 Å². The number of carbonyl (C=O) groups is 1. The third-order valence-electron chi connectivity index (χ3n) is 4.48. The lowest BCUT2D eigenvalue weighted by molar-refractivity contribution is -0.141. The van der Waals surface area contributed by atoms with Gasteiger partial charge in [-0.15, -0.1) is 0 Å². The number of likely N-dealkylation sites (tertiary alicyclic amines) is 1. The second-order valence-corrected chi connectivity index (χ2v) is 5.93. The first-order valence-electron chi connectivity index (χ1n) is 7.17. The van der Waals surface area contributed by atoms with Gasteiger partial charge in [-0.3, -0.25) is 4.79 Å². The van der Waals surface area contributed by atoms with Gasteiger partial charge < -0.3 is 10.2 Å². The van der Waals surface area contributed by atoms with E-state index >= 15 is 0 Å². The van der Waals surface area contributed by atoms with Crippen molar-refractivity contribution in [1.82, 2.24) is 10.2 Å². The van der Waals surface area contributed by atoms with Gasteiger partial charge in [0, 0.05) is 12.1 Å². The van der Waals surface area contributed by atoms with Gasteiger partial charge in [0.15, 0.2) is 0 Å². The lowest BCUT2D eigenvalue weighted by atomic mass is 9.89. The molecule has 2 fully saturated rings. The minimum atomic E-state index is 0.0618. The molecule has 0 radical (unpaired) electrons. The van der Waals surface area contributed by atoms with E-state index in [0.29, 0.717) is 23.9 Å². The Bertz CT molecular complexity index is 269. The monoisotopic (exact) mass is 238 g/mol. The summed E-state index contributed by atoms with van der Waals surface area (Å²) in [4.78, 5) is 14.8. The summed E-state index contributed by atoms with van der Waals surface area (Å²) in [5.41, 5.74) is 0. The summed E-state index contributed by atoms with van der Waals surface area (Å²) < 4.78 is 0. The van der Waals surface area contributed by atoms with Crippen LogP contribution in [-0.2, 0) is 4.79 Å². The summed E-state index contributed by atoms with van der Waals surface area (Å²) in [6.45, 7) is 7.59. The molecule has 2 saturated heterocycles. The molecule has 2 rings (SSSR count). The maximum absolute atomic E-state index is 12.6. The molecule has 0 aromatic rings. The van der Waals surface area contributed by atoms with E-state index in [1.807, 2.05) is 0 Å². The van der Waals surface area contributed by atoms with E-state index in [9.17, 15) is 4.79 Å². The van der Waals surface area contributed by atoms with Crippen LogP contribution in [0.15, 0.2) is 0 Å². The van der Waals surface area contributed by atoms with Crippen LogP contribution in [0.1, 0.15) is 52.9 Å².